The summed E-state index contributed by atoms with van der Waals surface area (Å²) in [6.45, 7) is 13.2. The first-order valence-electron chi connectivity index (χ1n) is 6.96. The van der Waals surface area contributed by atoms with Crippen LogP contribution < -0.4 is 0 Å². The Bertz CT molecular complexity index is 183. The van der Waals surface area contributed by atoms with Crippen molar-refractivity contribution in [3.8, 4) is 0 Å². The molecule has 0 aromatic rings. The Morgan fingerprint density at radius 2 is 1.53 bits per heavy atom. The van der Waals surface area contributed by atoms with Gasteiger partial charge in [-0.15, -0.1) is 0 Å². The van der Waals surface area contributed by atoms with Crippen LogP contribution in [0.1, 0.15) is 40.0 Å². The van der Waals surface area contributed by atoms with Gasteiger partial charge in [-0.05, 0) is 31.3 Å². The molecule has 0 aromatic heterocycles. The second-order valence-electron chi connectivity index (χ2n) is 6.13. The van der Waals surface area contributed by atoms with Crippen molar-refractivity contribution in [1.29, 1.82) is 0 Å². The van der Waals surface area contributed by atoms with Gasteiger partial charge in [0.2, 0.25) is 0 Å². The van der Waals surface area contributed by atoms with Crippen molar-refractivity contribution in [3.63, 3.8) is 0 Å². The lowest BCUT2D eigenvalue weighted by molar-refractivity contribution is 0.0132. The molecule has 17 heavy (non-hydrogen) atoms. The van der Waals surface area contributed by atoms with Crippen LogP contribution >= 0.6 is 0 Å². The van der Waals surface area contributed by atoms with Crippen LogP contribution in [-0.4, -0.2) is 51.0 Å². The lowest BCUT2D eigenvalue weighted by Crippen LogP contribution is -2.32. The Morgan fingerprint density at radius 3 is 2.18 bits per heavy atom. The quantitative estimate of drug-likeness (QED) is 0.641. The summed E-state index contributed by atoms with van der Waals surface area (Å²) in [7, 11) is 0. The number of piperidine rings is 1. The zero-order valence-electron chi connectivity index (χ0n) is 11.8. The topological polar surface area (TPSA) is 21.7 Å². The van der Waals surface area contributed by atoms with E-state index in [4.69, 9.17) is 9.47 Å². The molecule has 0 radical (unpaired) electrons. The first-order valence-corrected chi connectivity index (χ1v) is 6.96. The van der Waals surface area contributed by atoms with E-state index >= 15 is 0 Å². The van der Waals surface area contributed by atoms with E-state index in [-0.39, 0.29) is 5.41 Å². The van der Waals surface area contributed by atoms with Gasteiger partial charge in [0.15, 0.2) is 0 Å². The molecule has 0 bridgehead atoms. The summed E-state index contributed by atoms with van der Waals surface area (Å²) < 4.78 is 11.1. The predicted molar refractivity (Wildman–Crippen MR) is 71.4 cm³/mol. The lowest BCUT2D eigenvalue weighted by Gasteiger charge is -2.26. The van der Waals surface area contributed by atoms with Crippen molar-refractivity contribution in [1.82, 2.24) is 4.90 Å². The van der Waals surface area contributed by atoms with Gasteiger partial charge in [0.25, 0.3) is 0 Å². The molecule has 0 aliphatic carbocycles. The summed E-state index contributed by atoms with van der Waals surface area (Å²) in [6.07, 6.45) is 4.11. The van der Waals surface area contributed by atoms with Gasteiger partial charge < -0.3 is 14.4 Å². The monoisotopic (exact) mass is 243 g/mol. The van der Waals surface area contributed by atoms with Crippen LogP contribution in [0.4, 0.5) is 0 Å². The Morgan fingerprint density at radius 1 is 0.882 bits per heavy atom. The standard InChI is InChI=1S/C14H29NO2/c1-14(2,3)13-17-12-11-16-10-9-15-7-5-4-6-8-15/h4-13H2,1-3H3. The molecule has 3 heteroatoms. The summed E-state index contributed by atoms with van der Waals surface area (Å²) in [6, 6.07) is 0. The average molecular weight is 243 g/mol. The minimum absolute atomic E-state index is 0.258. The fourth-order valence-electron chi connectivity index (χ4n) is 1.97. The van der Waals surface area contributed by atoms with Gasteiger partial charge >= 0.3 is 0 Å². The second kappa shape index (κ2) is 8.06. The molecule has 0 saturated carbocycles. The second-order valence-corrected chi connectivity index (χ2v) is 6.13. The fourth-order valence-corrected chi connectivity index (χ4v) is 1.97. The van der Waals surface area contributed by atoms with Crippen molar-refractivity contribution in [2.75, 3.05) is 46.1 Å². The minimum atomic E-state index is 0.258. The highest BCUT2D eigenvalue weighted by molar-refractivity contribution is 4.63. The van der Waals surface area contributed by atoms with Crippen molar-refractivity contribution in [2.45, 2.75) is 40.0 Å². The molecule has 1 aliphatic rings. The van der Waals surface area contributed by atoms with Gasteiger partial charge in [-0.25, -0.2) is 0 Å². The third-order valence-electron chi connectivity index (χ3n) is 2.91. The van der Waals surface area contributed by atoms with Crippen LogP contribution in [0.5, 0.6) is 0 Å². The van der Waals surface area contributed by atoms with Gasteiger partial charge in [0, 0.05) is 6.54 Å². The normalized spacial score (nSPS) is 18.5. The third kappa shape index (κ3) is 8.58. The van der Waals surface area contributed by atoms with E-state index < -0.39 is 0 Å². The molecular weight excluding hydrogens is 214 g/mol. The highest BCUT2D eigenvalue weighted by Crippen LogP contribution is 2.12. The Balaban J connectivity index is 1.84. The zero-order chi connectivity index (χ0) is 12.6. The van der Waals surface area contributed by atoms with Gasteiger partial charge in [-0.1, -0.05) is 27.2 Å². The van der Waals surface area contributed by atoms with Crippen molar-refractivity contribution in [2.24, 2.45) is 5.41 Å². The van der Waals surface area contributed by atoms with Crippen LogP contribution in [0.15, 0.2) is 0 Å². The molecule has 0 aromatic carbocycles. The van der Waals surface area contributed by atoms with Crippen molar-refractivity contribution >= 4 is 0 Å². The number of hydrogen-bond acceptors (Lipinski definition) is 3. The Labute approximate surface area is 106 Å². The largest absolute Gasteiger partial charge is 0.379 e. The molecule has 1 heterocycles. The summed E-state index contributed by atoms with van der Waals surface area (Å²) in [4.78, 5) is 2.50. The highest BCUT2D eigenvalue weighted by Gasteiger charge is 2.10. The molecule has 0 spiro atoms. The summed E-state index contributed by atoms with van der Waals surface area (Å²) in [5, 5.41) is 0. The van der Waals surface area contributed by atoms with Crippen LogP contribution in [0, 0.1) is 5.41 Å². The van der Waals surface area contributed by atoms with E-state index in [2.05, 4.69) is 25.7 Å². The van der Waals surface area contributed by atoms with Crippen LogP contribution in [0.2, 0.25) is 0 Å². The number of likely N-dealkylation sites (tertiary alicyclic amines) is 1. The van der Waals surface area contributed by atoms with E-state index in [1.54, 1.807) is 0 Å². The summed E-state index contributed by atoms with van der Waals surface area (Å²) in [5.41, 5.74) is 0.258. The predicted octanol–water partition coefficient (Wildman–Crippen LogP) is 2.55. The first-order chi connectivity index (χ1) is 8.08. The molecule has 1 aliphatic heterocycles. The molecule has 0 amide bonds. The van der Waals surface area contributed by atoms with Gasteiger partial charge in [0.05, 0.1) is 26.4 Å². The molecule has 0 unspecified atom stereocenters. The number of ether oxygens (including phenoxy) is 2. The zero-order valence-corrected chi connectivity index (χ0v) is 11.8. The molecular formula is C14H29NO2. The molecule has 0 atom stereocenters. The highest BCUT2D eigenvalue weighted by atomic mass is 16.5. The smallest absolute Gasteiger partial charge is 0.0701 e. The SMILES string of the molecule is CC(C)(C)COCCOCCN1CCCCC1. The lowest BCUT2D eigenvalue weighted by atomic mass is 9.99. The molecule has 1 saturated heterocycles. The van der Waals surface area contributed by atoms with Gasteiger partial charge in [-0.2, -0.15) is 0 Å². The molecule has 0 N–H and O–H groups in total. The maximum Gasteiger partial charge on any atom is 0.0701 e. The number of hydrogen-bond donors (Lipinski definition) is 0. The first kappa shape index (κ1) is 14.9. The van der Waals surface area contributed by atoms with Gasteiger partial charge in [-0.3, -0.25) is 0 Å². The Hall–Kier alpha value is -0.120. The van der Waals surface area contributed by atoms with E-state index in [1.165, 1.54) is 32.4 Å². The molecule has 1 fully saturated rings. The van der Waals surface area contributed by atoms with Crippen LogP contribution in [-0.2, 0) is 9.47 Å². The van der Waals surface area contributed by atoms with E-state index in [0.29, 0.717) is 0 Å². The van der Waals surface area contributed by atoms with Crippen molar-refractivity contribution < 1.29 is 9.47 Å². The fraction of sp³-hybridized carbons (Fsp3) is 1.00. The summed E-state index contributed by atoms with van der Waals surface area (Å²) in [5.74, 6) is 0. The number of nitrogens with zero attached hydrogens (tertiary/aromatic N) is 1. The molecule has 3 nitrogen and oxygen atoms in total. The number of rotatable bonds is 7. The van der Waals surface area contributed by atoms with Crippen LogP contribution in [0.3, 0.4) is 0 Å². The van der Waals surface area contributed by atoms with Crippen LogP contribution in [0.25, 0.3) is 0 Å². The minimum Gasteiger partial charge on any atom is -0.379 e. The maximum absolute atomic E-state index is 5.58. The van der Waals surface area contributed by atoms with Gasteiger partial charge in [0.1, 0.15) is 0 Å². The third-order valence-corrected chi connectivity index (χ3v) is 2.91. The molecule has 102 valence electrons. The van der Waals surface area contributed by atoms with E-state index in [0.717, 1.165) is 33.0 Å². The summed E-state index contributed by atoms with van der Waals surface area (Å²) >= 11 is 0. The maximum atomic E-state index is 5.58. The Kier molecular flexibility index (Phi) is 7.09. The average Bonchev–Trinajstić information content (AvgIpc) is 2.28. The molecule has 1 rings (SSSR count). The van der Waals surface area contributed by atoms with E-state index in [9.17, 15) is 0 Å². The van der Waals surface area contributed by atoms with E-state index in [1.807, 2.05) is 0 Å². The van der Waals surface area contributed by atoms with Crippen molar-refractivity contribution in [3.05, 3.63) is 0 Å².